The third-order valence-electron chi connectivity index (χ3n) is 5.05. The van der Waals surface area contributed by atoms with Gasteiger partial charge in [-0.1, -0.05) is 0 Å². The molecule has 1 aliphatic carbocycles. The number of nitrogens with zero attached hydrogens (tertiary/aromatic N) is 2. The van der Waals surface area contributed by atoms with Crippen molar-refractivity contribution in [3.8, 4) is 5.75 Å². The number of piperazine rings is 1. The minimum atomic E-state index is 0.115. The van der Waals surface area contributed by atoms with E-state index in [0.717, 1.165) is 44.1 Å². The lowest BCUT2D eigenvalue weighted by Crippen LogP contribution is -2.49. The van der Waals surface area contributed by atoms with E-state index >= 15 is 0 Å². The predicted molar refractivity (Wildman–Crippen MR) is 91.3 cm³/mol. The SMILES string of the molecule is COc1ccc(N2CCN(C(=O)[C@H]3C[C@@H]3c3ccco3)CC2)cc1. The molecule has 5 nitrogen and oxygen atoms in total. The highest BCUT2D eigenvalue weighted by molar-refractivity contribution is 5.83. The van der Waals surface area contributed by atoms with Crippen LogP contribution in [0.3, 0.4) is 0 Å². The number of anilines is 1. The molecule has 0 bridgehead atoms. The molecule has 0 spiro atoms. The highest BCUT2D eigenvalue weighted by Crippen LogP contribution is 2.48. The van der Waals surface area contributed by atoms with Crippen LogP contribution in [0.5, 0.6) is 5.75 Å². The van der Waals surface area contributed by atoms with Crippen molar-refractivity contribution in [2.24, 2.45) is 5.92 Å². The Labute approximate surface area is 141 Å². The van der Waals surface area contributed by atoms with Gasteiger partial charge in [-0.15, -0.1) is 0 Å². The van der Waals surface area contributed by atoms with Crippen molar-refractivity contribution < 1.29 is 13.9 Å². The number of hydrogen-bond acceptors (Lipinski definition) is 4. The number of furan rings is 1. The Morgan fingerprint density at radius 1 is 1.12 bits per heavy atom. The van der Waals surface area contributed by atoms with E-state index in [1.54, 1.807) is 13.4 Å². The van der Waals surface area contributed by atoms with E-state index in [4.69, 9.17) is 9.15 Å². The van der Waals surface area contributed by atoms with E-state index in [2.05, 4.69) is 17.0 Å². The molecule has 1 amide bonds. The first kappa shape index (κ1) is 15.1. The Hall–Kier alpha value is -2.43. The smallest absolute Gasteiger partial charge is 0.226 e. The summed E-state index contributed by atoms with van der Waals surface area (Å²) in [6.45, 7) is 3.31. The highest BCUT2D eigenvalue weighted by atomic mass is 16.5. The van der Waals surface area contributed by atoms with Crippen molar-refractivity contribution >= 4 is 11.6 Å². The van der Waals surface area contributed by atoms with Crippen molar-refractivity contribution in [2.75, 3.05) is 38.2 Å². The summed E-state index contributed by atoms with van der Waals surface area (Å²) in [4.78, 5) is 17.0. The number of hydrogen-bond donors (Lipinski definition) is 0. The van der Waals surface area contributed by atoms with Crippen LogP contribution in [0.15, 0.2) is 47.1 Å². The van der Waals surface area contributed by atoms with Gasteiger partial charge in [0.1, 0.15) is 11.5 Å². The fourth-order valence-corrected chi connectivity index (χ4v) is 3.50. The minimum Gasteiger partial charge on any atom is -0.497 e. The summed E-state index contributed by atoms with van der Waals surface area (Å²) in [6.07, 6.45) is 2.61. The number of carbonyl (C=O) groups excluding carboxylic acids is 1. The first-order chi connectivity index (χ1) is 11.8. The molecule has 0 unspecified atom stereocenters. The molecular weight excluding hydrogens is 304 g/mol. The molecule has 1 saturated heterocycles. The number of benzene rings is 1. The Balaban J connectivity index is 1.32. The second-order valence-corrected chi connectivity index (χ2v) is 6.47. The fraction of sp³-hybridized carbons (Fsp3) is 0.421. The van der Waals surface area contributed by atoms with Gasteiger partial charge < -0.3 is 19.0 Å². The molecule has 4 rings (SSSR count). The van der Waals surface area contributed by atoms with Gasteiger partial charge in [-0.2, -0.15) is 0 Å². The van der Waals surface area contributed by atoms with Crippen molar-refractivity contribution in [2.45, 2.75) is 12.3 Å². The Morgan fingerprint density at radius 3 is 2.50 bits per heavy atom. The van der Waals surface area contributed by atoms with Gasteiger partial charge in [-0.25, -0.2) is 0 Å². The highest BCUT2D eigenvalue weighted by Gasteiger charge is 2.47. The largest absolute Gasteiger partial charge is 0.497 e. The first-order valence-corrected chi connectivity index (χ1v) is 8.47. The van der Waals surface area contributed by atoms with Crippen LogP contribution in [0.4, 0.5) is 5.69 Å². The molecule has 5 heteroatoms. The first-order valence-electron chi connectivity index (χ1n) is 8.47. The number of amides is 1. The summed E-state index contributed by atoms with van der Waals surface area (Å²) in [5.41, 5.74) is 1.18. The molecule has 2 atom stereocenters. The Morgan fingerprint density at radius 2 is 1.88 bits per heavy atom. The summed E-state index contributed by atoms with van der Waals surface area (Å²) >= 11 is 0. The maximum absolute atomic E-state index is 12.6. The van der Waals surface area contributed by atoms with Gasteiger partial charge in [0, 0.05) is 43.7 Å². The molecule has 0 radical (unpaired) electrons. The number of methoxy groups -OCH3 is 1. The van der Waals surface area contributed by atoms with E-state index in [9.17, 15) is 4.79 Å². The van der Waals surface area contributed by atoms with Gasteiger partial charge in [0.25, 0.3) is 0 Å². The van der Waals surface area contributed by atoms with E-state index in [1.807, 2.05) is 29.2 Å². The van der Waals surface area contributed by atoms with Crippen LogP contribution in [-0.2, 0) is 4.79 Å². The van der Waals surface area contributed by atoms with Gasteiger partial charge in [-0.05, 0) is 42.8 Å². The third kappa shape index (κ3) is 2.86. The summed E-state index contributed by atoms with van der Waals surface area (Å²) in [5, 5.41) is 0. The second kappa shape index (κ2) is 6.23. The van der Waals surface area contributed by atoms with E-state index in [0.29, 0.717) is 0 Å². The van der Waals surface area contributed by atoms with E-state index in [1.165, 1.54) is 5.69 Å². The zero-order valence-corrected chi connectivity index (χ0v) is 13.9. The van der Waals surface area contributed by atoms with Gasteiger partial charge in [-0.3, -0.25) is 4.79 Å². The third-order valence-corrected chi connectivity index (χ3v) is 5.05. The number of ether oxygens (including phenoxy) is 1. The lowest BCUT2D eigenvalue weighted by Gasteiger charge is -2.36. The molecule has 2 aromatic rings. The summed E-state index contributed by atoms with van der Waals surface area (Å²) in [7, 11) is 1.67. The molecule has 2 aliphatic rings. The van der Waals surface area contributed by atoms with Crippen molar-refractivity contribution in [1.82, 2.24) is 4.90 Å². The molecule has 1 aromatic heterocycles. The number of rotatable bonds is 4. The minimum absolute atomic E-state index is 0.115. The normalized spacial score (nSPS) is 23.2. The van der Waals surface area contributed by atoms with Crippen LogP contribution >= 0.6 is 0 Å². The van der Waals surface area contributed by atoms with Crippen LogP contribution in [0.1, 0.15) is 18.1 Å². The zero-order chi connectivity index (χ0) is 16.5. The zero-order valence-electron chi connectivity index (χ0n) is 13.9. The lowest BCUT2D eigenvalue weighted by atomic mass is 10.2. The van der Waals surface area contributed by atoms with E-state index < -0.39 is 0 Å². The average molecular weight is 326 g/mol. The van der Waals surface area contributed by atoms with Crippen LogP contribution in [0.2, 0.25) is 0 Å². The maximum Gasteiger partial charge on any atom is 0.226 e. The van der Waals surface area contributed by atoms with E-state index in [-0.39, 0.29) is 17.7 Å². The fourth-order valence-electron chi connectivity index (χ4n) is 3.50. The summed E-state index contributed by atoms with van der Waals surface area (Å²) in [6, 6.07) is 12.0. The monoisotopic (exact) mass is 326 g/mol. The van der Waals surface area contributed by atoms with Gasteiger partial charge in [0.2, 0.25) is 5.91 Å². The molecular formula is C19H22N2O3. The van der Waals surface area contributed by atoms with Crippen LogP contribution in [-0.4, -0.2) is 44.1 Å². The van der Waals surface area contributed by atoms with Gasteiger partial charge in [0.05, 0.1) is 13.4 Å². The summed E-state index contributed by atoms with van der Waals surface area (Å²) in [5.74, 6) is 2.50. The van der Waals surface area contributed by atoms with Crippen LogP contribution < -0.4 is 9.64 Å². The van der Waals surface area contributed by atoms with Gasteiger partial charge >= 0.3 is 0 Å². The maximum atomic E-state index is 12.6. The molecule has 1 aromatic carbocycles. The standard InChI is InChI=1S/C19H22N2O3/c1-23-15-6-4-14(5-7-15)20-8-10-21(11-9-20)19(22)17-13-16(17)18-3-2-12-24-18/h2-7,12,16-17H,8-11,13H2,1H3/t16-,17-/m0/s1. The average Bonchev–Trinajstić information content (AvgIpc) is 3.26. The topological polar surface area (TPSA) is 45.9 Å². The Kier molecular flexibility index (Phi) is 3.92. The van der Waals surface area contributed by atoms with Gasteiger partial charge in [0.15, 0.2) is 0 Å². The lowest BCUT2D eigenvalue weighted by molar-refractivity contribution is -0.133. The second-order valence-electron chi connectivity index (χ2n) is 6.47. The molecule has 1 aliphatic heterocycles. The molecule has 2 fully saturated rings. The number of carbonyl (C=O) groups is 1. The molecule has 1 saturated carbocycles. The van der Waals surface area contributed by atoms with Crippen molar-refractivity contribution in [3.05, 3.63) is 48.4 Å². The molecule has 126 valence electrons. The predicted octanol–water partition coefficient (Wildman–Crippen LogP) is 2.74. The Bertz CT molecular complexity index is 688. The van der Waals surface area contributed by atoms with Crippen molar-refractivity contribution in [3.63, 3.8) is 0 Å². The van der Waals surface area contributed by atoms with Crippen LogP contribution in [0.25, 0.3) is 0 Å². The summed E-state index contributed by atoms with van der Waals surface area (Å²) < 4.78 is 10.6. The molecule has 2 heterocycles. The quantitative estimate of drug-likeness (QED) is 0.867. The molecule has 0 N–H and O–H groups in total. The molecule has 24 heavy (non-hydrogen) atoms. The van der Waals surface area contributed by atoms with Crippen LogP contribution in [0, 0.1) is 5.92 Å². The van der Waals surface area contributed by atoms with Crippen molar-refractivity contribution in [1.29, 1.82) is 0 Å².